The summed E-state index contributed by atoms with van der Waals surface area (Å²) in [6.45, 7) is 3.84. The van der Waals surface area contributed by atoms with Crippen LogP contribution in [0.15, 0.2) is 30.3 Å². The van der Waals surface area contributed by atoms with Gasteiger partial charge < -0.3 is 10.4 Å². The van der Waals surface area contributed by atoms with Gasteiger partial charge in [-0.25, -0.2) is 0 Å². The van der Waals surface area contributed by atoms with E-state index in [1.807, 2.05) is 18.2 Å². The number of carbonyl (C=O) groups is 2. The summed E-state index contributed by atoms with van der Waals surface area (Å²) in [6, 6.07) is 10.3. The van der Waals surface area contributed by atoms with Crippen LogP contribution in [0.1, 0.15) is 51.5 Å². The molecule has 0 radical (unpaired) electrons. The summed E-state index contributed by atoms with van der Waals surface area (Å²) in [7, 11) is 0. The lowest BCUT2D eigenvalue weighted by Crippen LogP contribution is -2.47. The van der Waals surface area contributed by atoms with Gasteiger partial charge in [-0.3, -0.25) is 9.59 Å². The number of fused-ring (bicyclic) bond motifs is 2. The lowest BCUT2D eigenvalue weighted by Gasteiger charge is -2.37. The second-order valence-electron chi connectivity index (χ2n) is 8.59. The molecule has 4 heteroatoms. The van der Waals surface area contributed by atoms with Gasteiger partial charge in [0.1, 0.15) is 0 Å². The molecule has 0 aliphatic heterocycles. The molecule has 3 rings (SSSR count). The van der Waals surface area contributed by atoms with E-state index in [1.54, 1.807) is 13.8 Å². The van der Waals surface area contributed by atoms with Crippen molar-refractivity contribution in [3.63, 3.8) is 0 Å². The second kappa shape index (κ2) is 6.81. The van der Waals surface area contributed by atoms with Crippen molar-refractivity contribution in [2.45, 2.75) is 52.4 Å². The molecule has 136 valence electrons. The molecule has 1 aromatic rings. The van der Waals surface area contributed by atoms with Crippen molar-refractivity contribution in [3.05, 3.63) is 35.9 Å². The van der Waals surface area contributed by atoms with E-state index in [2.05, 4.69) is 17.4 Å². The number of carbonyl (C=O) groups excluding carboxylic acids is 1. The van der Waals surface area contributed by atoms with E-state index in [0.717, 1.165) is 19.3 Å². The molecular weight excluding hydrogens is 314 g/mol. The van der Waals surface area contributed by atoms with Gasteiger partial charge >= 0.3 is 5.97 Å². The van der Waals surface area contributed by atoms with Crippen LogP contribution in [-0.2, 0) is 16.0 Å². The molecule has 25 heavy (non-hydrogen) atoms. The Bertz CT molecular complexity index is 640. The quantitative estimate of drug-likeness (QED) is 0.794. The van der Waals surface area contributed by atoms with Gasteiger partial charge in [-0.05, 0) is 63.4 Å². The van der Waals surface area contributed by atoms with Crippen molar-refractivity contribution >= 4 is 11.9 Å². The lowest BCUT2D eigenvalue weighted by atomic mass is 9.68. The highest BCUT2D eigenvalue weighted by Crippen LogP contribution is 2.57. The number of carboxylic acids is 1. The predicted octanol–water partition coefficient (Wildman–Crippen LogP) is 3.65. The fourth-order valence-corrected chi connectivity index (χ4v) is 4.75. The summed E-state index contributed by atoms with van der Waals surface area (Å²) in [5.41, 5.74) is 0.0997. The summed E-state index contributed by atoms with van der Waals surface area (Å²) in [6.07, 6.45) is 5.78. The fraction of sp³-hybridized carbons (Fsp3) is 0.619. The summed E-state index contributed by atoms with van der Waals surface area (Å²) >= 11 is 0. The Hall–Kier alpha value is -1.84. The van der Waals surface area contributed by atoms with E-state index in [4.69, 9.17) is 0 Å². The first-order chi connectivity index (χ1) is 11.8. The molecule has 2 bridgehead atoms. The molecule has 2 saturated carbocycles. The number of nitrogens with one attached hydrogen (secondary N) is 1. The molecule has 2 N–H and O–H groups in total. The van der Waals surface area contributed by atoms with E-state index < -0.39 is 11.4 Å². The maximum absolute atomic E-state index is 13.2. The molecule has 2 aliphatic carbocycles. The molecule has 3 atom stereocenters. The highest BCUT2D eigenvalue weighted by Gasteiger charge is 2.55. The first-order valence-electron chi connectivity index (χ1n) is 9.39. The third kappa shape index (κ3) is 3.58. The van der Waals surface area contributed by atoms with Crippen LogP contribution in [0, 0.1) is 22.7 Å². The molecule has 0 spiro atoms. The van der Waals surface area contributed by atoms with Gasteiger partial charge in [0, 0.05) is 6.54 Å². The zero-order valence-corrected chi connectivity index (χ0v) is 15.3. The van der Waals surface area contributed by atoms with Crippen LogP contribution in [0.4, 0.5) is 0 Å². The standard InChI is InChI=1S/C21H29NO3/c1-20(2,19(24)25)10-11-22-18(23)21(13-15-6-4-3-5-7-15)14-16-8-9-17(21)12-16/h3-7,16-17H,8-14H2,1-2H3,(H,22,23)(H,24,25). The van der Waals surface area contributed by atoms with Crippen LogP contribution in [0.3, 0.4) is 0 Å². The summed E-state index contributed by atoms with van der Waals surface area (Å²) in [5.74, 6) is 0.450. The summed E-state index contributed by atoms with van der Waals surface area (Å²) in [5, 5.41) is 12.3. The smallest absolute Gasteiger partial charge is 0.309 e. The molecule has 2 aliphatic rings. The topological polar surface area (TPSA) is 66.4 Å². The molecule has 2 fully saturated rings. The number of hydrogen-bond acceptors (Lipinski definition) is 2. The van der Waals surface area contributed by atoms with E-state index in [9.17, 15) is 14.7 Å². The van der Waals surface area contributed by atoms with E-state index >= 15 is 0 Å². The van der Waals surface area contributed by atoms with Crippen LogP contribution < -0.4 is 5.32 Å². The summed E-state index contributed by atoms with van der Waals surface area (Å²) in [4.78, 5) is 24.4. The van der Waals surface area contributed by atoms with Crippen molar-refractivity contribution in [1.82, 2.24) is 5.32 Å². The van der Waals surface area contributed by atoms with Crippen LogP contribution in [-0.4, -0.2) is 23.5 Å². The molecule has 0 aromatic heterocycles. The first-order valence-corrected chi connectivity index (χ1v) is 9.39. The first kappa shape index (κ1) is 18.0. The van der Waals surface area contributed by atoms with Gasteiger partial charge in [0.05, 0.1) is 10.8 Å². The highest BCUT2D eigenvalue weighted by atomic mass is 16.4. The van der Waals surface area contributed by atoms with E-state index in [1.165, 1.54) is 18.4 Å². The Kier molecular flexibility index (Phi) is 4.90. The Labute approximate surface area is 150 Å². The Morgan fingerprint density at radius 1 is 1.24 bits per heavy atom. The van der Waals surface area contributed by atoms with Gasteiger partial charge in [0.25, 0.3) is 0 Å². The molecule has 3 unspecified atom stereocenters. The molecule has 0 saturated heterocycles. The van der Waals surface area contributed by atoms with Crippen LogP contribution >= 0.6 is 0 Å². The minimum absolute atomic E-state index is 0.129. The Morgan fingerprint density at radius 3 is 2.52 bits per heavy atom. The largest absolute Gasteiger partial charge is 0.481 e. The van der Waals surface area contributed by atoms with E-state index in [0.29, 0.717) is 24.8 Å². The Morgan fingerprint density at radius 2 is 1.96 bits per heavy atom. The normalized spacial score (nSPS) is 28.1. The minimum Gasteiger partial charge on any atom is -0.481 e. The second-order valence-corrected chi connectivity index (χ2v) is 8.59. The van der Waals surface area contributed by atoms with Crippen LogP contribution in [0.5, 0.6) is 0 Å². The third-order valence-electron chi connectivity index (χ3n) is 6.40. The van der Waals surface area contributed by atoms with Gasteiger partial charge in [-0.15, -0.1) is 0 Å². The maximum atomic E-state index is 13.2. The molecule has 0 heterocycles. The van der Waals surface area contributed by atoms with Crippen molar-refractivity contribution in [3.8, 4) is 0 Å². The zero-order chi connectivity index (χ0) is 18.1. The molecular formula is C21H29NO3. The van der Waals surface area contributed by atoms with Crippen molar-refractivity contribution < 1.29 is 14.7 Å². The van der Waals surface area contributed by atoms with Gasteiger partial charge in [-0.2, -0.15) is 0 Å². The molecule has 1 amide bonds. The zero-order valence-electron chi connectivity index (χ0n) is 15.3. The predicted molar refractivity (Wildman–Crippen MR) is 97.1 cm³/mol. The number of hydrogen-bond donors (Lipinski definition) is 2. The molecule has 1 aromatic carbocycles. The SMILES string of the molecule is CC(C)(CCNC(=O)C1(Cc2ccccc2)CC2CCC1C2)C(=O)O. The summed E-state index contributed by atoms with van der Waals surface area (Å²) < 4.78 is 0. The average Bonchev–Trinajstić information content (AvgIpc) is 3.17. The fourth-order valence-electron chi connectivity index (χ4n) is 4.75. The molecule has 4 nitrogen and oxygen atoms in total. The lowest BCUT2D eigenvalue weighted by molar-refractivity contribution is -0.147. The highest BCUT2D eigenvalue weighted by molar-refractivity contribution is 5.84. The number of benzene rings is 1. The third-order valence-corrected chi connectivity index (χ3v) is 6.40. The van der Waals surface area contributed by atoms with Crippen molar-refractivity contribution in [2.75, 3.05) is 6.54 Å². The van der Waals surface area contributed by atoms with E-state index in [-0.39, 0.29) is 11.3 Å². The average molecular weight is 343 g/mol. The van der Waals surface area contributed by atoms with Gasteiger partial charge in [0.2, 0.25) is 5.91 Å². The Balaban J connectivity index is 1.70. The number of amides is 1. The maximum Gasteiger partial charge on any atom is 0.309 e. The number of carboxylic acid groups (broad SMARTS) is 1. The minimum atomic E-state index is -0.819. The number of aliphatic carboxylic acids is 1. The monoisotopic (exact) mass is 343 g/mol. The van der Waals surface area contributed by atoms with Crippen LogP contribution in [0.2, 0.25) is 0 Å². The van der Waals surface area contributed by atoms with Crippen molar-refractivity contribution in [2.24, 2.45) is 22.7 Å². The van der Waals surface area contributed by atoms with Gasteiger partial charge in [0.15, 0.2) is 0 Å². The van der Waals surface area contributed by atoms with Gasteiger partial charge in [-0.1, -0.05) is 36.8 Å². The number of rotatable bonds is 7. The van der Waals surface area contributed by atoms with Crippen molar-refractivity contribution in [1.29, 1.82) is 0 Å². The van der Waals surface area contributed by atoms with Crippen LogP contribution in [0.25, 0.3) is 0 Å².